The van der Waals surface area contributed by atoms with Crippen LogP contribution in [0.5, 0.6) is 0 Å². The molecule has 0 amide bonds. The van der Waals surface area contributed by atoms with Crippen molar-refractivity contribution in [2.75, 3.05) is 31.1 Å². The number of aromatic nitrogens is 5. The third-order valence-electron chi connectivity index (χ3n) is 5.41. The summed E-state index contributed by atoms with van der Waals surface area (Å²) in [4.78, 5) is 16.3. The van der Waals surface area contributed by atoms with Gasteiger partial charge in [0.2, 0.25) is 0 Å². The summed E-state index contributed by atoms with van der Waals surface area (Å²) in [5, 5.41) is 20.2. The molecule has 0 saturated carbocycles. The fraction of sp³-hybridized carbons (Fsp3) is 0.273. The molecule has 1 aliphatic heterocycles. The molecule has 0 bridgehead atoms. The van der Waals surface area contributed by atoms with E-state index in [1.54, 1.807) is 0 Å². The molecule has 0 radical (unpaired) electrons. The van der Waals surface area contributed by atoms with E-state index >= 15 is 0 Å². The van der Waals surface area contributed by atoms with Crippen molar-refractivity contribution in [3.63, 3.8) is 0 Å². The van der Waals surface area contributed by atoms with Gasteiger partial charge >= 0.3 is 0 Å². The zero-order valence-corrected chi connectivity index (χ0v) is 16.7. The number of pyridine rings is 3. The molecule has 0 aliphatic carbocycles. The lowest BCUT2D eigenvalue weighted by atomic mass is 10.1. The van der Waals surface area contributed by atoms with Crippen LogP contribution in [0.1, 0.15) is 5.69 Å². The van der Waals surface area contributed by atoms with Crippen LogP contribution in [0.4, 0.5) is 5.69 Å². The summed E-state index contributed by atoms with van der Waals surface area (Å²) >= 11 is 0. The molecule has 1 atom stereocenters. The van der Waals surface area contributed by atoms with Gasteiger partial charge in [0.05, 0.1) is 40.9 Å². The molecule has 3 N–H and O–H groups in total. The normalized spacial score (nSPS) is 16.9. The molecule has 1 saturated heterocycles. The van der Waals surface area contributed by atoms with Crippen molar-refractivity contribution in [3.8, 4) is 22.6 Å². The Morgan fingerprint density at radius 3 is 2.93 bits per heavy atom. The van der Waals surface area contributed by atoms with Gasteiger partial charge in [0.15, 0.2) is 0 Å². The van der Waals surface area contributed by atoms with E-state index in [2.05, 4.69) is 36.4 Å². The van der Waals surface area contributed by atoms with Crippen LogP contribution < -0.4 is 10.2 Å². The number of hydrogen-bond acceptors (Lipinski definition) is 7. The van der Waals surface area contributed by atoms with Gasteiger partial charge in [-0.05, 0) is 37.3 Å². The van der Waals surface area contributed by atoms with Crippen LogP contribution in [0.25, 0.3) is 33.7 Å². The number of anilines is 1. The van der Waals surface area contributed by atoms with Gasteiger partial charge in [-0.15, -0.1) is 0 Å². The van der Waals surface area contributed by atoms with E-state index in [4.69, 9.17) is 4.98 Å². The lowest BCUT2D eigenvalue weighted by molar-refractivity contribution is 0.235. The molecule has 5 rings (SSSR count). The van der Waals surface area contributed by atoms with Crippen molar-refractivity contribution < 1.29 is 5.11 Å². The van der Waals surface area contributed by atoms with Gasteiger partial charge in [-0.2, -0.15) is 5.10 Å². The van der Waals surface area contributed by atoms with E-state index in [0.717, 1.165) is 64.7 Å². The van der Waals surface area contributed by atoms with Crippen molar-refractivity contribution in [2.45, 2.75) is 13.0 Å². The minimum Gasteiger partial charge on any atom is -0.395 e. The topological polar surface area (TPSA) is 103 Å². The minimum atomic E-state index is 0.0732. The fourth-order valence-corrected chi connectivity index (χ4v) is 3.86. The number of aromatic amines is 1. The van der Waals surface area contributed by atoms with Gasteiger partial charge in [-0.1, -0.05) is 6.07 Å². The number of fused-ring (bicyclic) bond motifs is 1. The second-order valence-electron chi connectivity index (χ2n) is 7.52. The Morgan fingerprint density at radius 1 is 1.13 bits per heavy atom. The van der Waals surface area contributed by atoms with E-state index in [9.17, 15) is 5.11 Å². The maximum absolute atomic E-state index is 9.48. The third-order valence-corrected chi connectivity index (χ3v) is 5.41. The summed E-state index contributed by atoms with van der Waals surface area (Å²) in [6, 6.07) is 12.0. The third kappa shape index (κ3) is 3.51. The summed E-state index contributed by atoms with van der Waals surface area (Å²) in [7, 11) is 0. The highest BCUT2D eigenvalue weighted by Crippen LogP contribution is 2.29. The number of nitrogens with zero attached hydrogens (tertiary/aromatic N) is 5. The van der Waals surface area contributed by atoms with Gasteiger partial charge in [-0.3, -0.25) is 15.1 Å². The number of aliphatic hydroxyl groups is 1. The molecule has 152 valence electrons. The monoisotopic (exact) mass is 401 g/mol. The molecule has 8 nitrogen and oxygen atoms in total. The molecule has 0 aromatic carbocycles. The number of rotatable bonds is 4. The van der Waals surface area contributed by atoms with Gasteiger partial charge in [0.1, 0.15) is 5.69 Å². The molecule has 30 heavy (non-hydrogen) atoms. The van der Waals surface area contributed by atoms with E-state index < -0.39 is 0 Å². The number of H-pyrrole nitrogens is 1. The summed E-state index contributed by atoms with van der Waals surface area (Å²) in [6.07, 6.45) is 3.73. The van der Waals surface area contributed by atoms with Crippen LogP contribution in [0, 0.1) is 6.92 Å². The Balaban J connectivity index is 1.52. The van der Waals surface area contributed by atoms with Crippen molar-refractivity contribution in [2.24, 2.45) is 0 Å². The van der Waals surface area contributed by atoms with Crippen LogP contribution in [-0.2, 0) is 0 Å². The lowest BCUT2D eigenvalue weighted by Crippen LogP contribution is -2.52. The molecule has 5 heterocycles. The average molecular weight is 401 g/mol. The van der Waals surface area contributed by atoms with Gasteiger partial charge in [-0.25, -0.2) is 4.98 Å². The molecule has 1 fully saturated rings. The van der Waals surface area contributed by atoms with Crippen molar-refractivity contribution in [3.05, 3.63) is 54.5 Å². The first-order valence-electron chi connectivity index (χ1n) is 10.1. The molecule has 4 aromatic rings. The Bertz CT molecular complexity index is 1190. The number of aryl methyl sites for hydroxylation is 1. The Kier molecular flexibility index (Phi) is 4.86. The maximum atomic E-state index is 9.48. The Labute approximate surface area is 174 Å². The summed E-state index contributed by atoms with van der Waals surface area (Å²) in [5.41, 5.74) is 6.95. The molecular weight excluding hydrogens is 378 g/mol. The number of nitrogens with one attached hydrogen (secondary N) is 2. The standard InChI is InChI=1S/C22H23N7O/c1-14-3-2-4-20(26-14)22-17(11-25-28-22)18-5-6-19-21(27-18)9-16(10-24-19)29-8-7-23-15(12-29)13-30/h2-6,9-11,15,23,30H,7-8,12-13H2,1H3,(H,25,28). The van der Waals surface area contributed by atoms with Gasteiger partial charge in [0.25, 0.3) is 0 Å². The second kappa shape index (κ2) is 7.81. The van der Waals surface area contributed by atoms with E-state index in [0.29, 0.717) is 0 Å². The predicted molar refractivity (Wildman–Crippen MR) is 116 cm³/mol. The molecule has 4 aromatic heterocycles. The first-order chi connectivity index (χ1) is 14.7. The predicted octanol–water partition coefficient (Wildman–Crippen LogP) is 2.16. The van der Waals surface area contributed by atoms with E-state index in [1.807, 2.05) is 49.6 Å². The van der Waals surface area contributed by atoms with E-state index in [1.165, 1.54) is 0 Å². The zero-order chi connectivity index (χ0) is 20.5. The van der Waals surface area contributed by atoms with Crippen LogP contribution in [0.15, 0.2) is 48.8 Å². The van der Waals surface area contributed by atoms with Gasteiger partial charge < -0.3 is 15.3 Å². The first kappa shape index (κ1) is 18.7. The molecule has 8 heteroatoms. The van der Waals surface area contributed by atoms with Crippen LogP contribution in [-0.4, -0.2) is 62.5 Å². The molecular formula is C22H23N7O. The smallest absolute Gasteiger partial charge is 0.120 e. The highest BCUT2D eigenvalue weighted by molar-refractivity contribution is 5.84. The van der Waals surface area contributed by atoms with Crippen molar-refractivity contribution in [1.82, 2.24) is 30.5 Å². The Morgan fingerprint density at radius 2 is 2.07 bits per heavy atom. The lowest BCUT2D eigenvalue weighted by Gasteiger charge is -2.34. The van der Waals surface area contributed by atoms with Crippen LogP contribution in [0.3, 0.4) is 0 Å². The van der Waals surface area contributed by atoms with Crippen molar-refractivity contribution >= 4 is 16.7 Å². The van der Waals surface area contributed by atoms with Gasteiger partial charge in [0, 0.05) is 43.1 Å². The number of hydrogen-bond donors (Lipinski definition) is 3. The van der Waals surface area contributed by atoms with Crippen LogP contribution >= 0.6 is 0 Å². The number of piperazine rings is 1. The molecule has 0 spiro atoms. The quantitative estimate of drug-likeness (QED) is 0.481. The summed E-state index contributed by atoms with van der Waals surface area (Å²) < 4.78 is 0. The Hall–Kier alpha value is -3.36. The average Bonchev–Trinajstić information content (AvgIpc) is 3.28. The zero-order valence-electron chi connectivity index (χ0n) is 16.7. The largest absolute Gasteiger partial charge is 0.395 e. The minimum absolute atomic E-state index is 0.0732. The molecule has 1 aliphatic rings. The second-order valence-corrected chi connectivity index (χ2v) is 7.52. The maximum Gasteiger partial charge on any atom is 0.120 e. The van der Waals surface area contributed by atoms with Crippen molar-refractivity contribution in [1.29, 1.82) is 0 Å². The van der Waals surface area contributed by atoms with Crippen LogP contribution in [0.2, 0.25) is 0 Å². The fourth-order valence-electron chi connectivity index (χ4n) is 3.86. The van der Waals surface area contributed by atoms with E-state index in [-0.39, 0.29) is 12.6 Å². The first-order valence-corrected chi connectivity index (χ1v) is 10.1. The summed E-state index contributed by atoms with van der Waals surface area (Å²) in [6.45, 7) is 4.53. The number of aliphatic hydroxyl groups excluding tert-OH is 1. The highest BCUT2D eigenvalue weighted by atomic mass is 16.3. The highest BCUT2D eigenvalue weighted by Gasteiger charge is 2.20. The molecule has 1 unspecified atom stereocenters. The summed E-state index contributed by atoms with van der Waals surface area (Å²) in [5.74, 6) is 0. The SMILES string of the molecule is Cc1cccc(-c2n[nH]cc2-c2ccc3ncc(N4CCNC(CO)C4)cc3n2)n1.